The van der Waals surface area contributed by atoms with Crippen molar-refractivity contribution in [3.05, 3.63) is 24.5 Å². The smallest absolute Gasteiger partial charge is 0.242 e. The van der Waals surface area contributed by atoms with Gasteiger partial charge < -0.3 is 9.47 Å². The van der Waals surface area contributed by atoms with Gasteiger partial charge in [-0.2, -0.15) is 0 Å². The molecule has 2 aliphatic rings. The lowest BCUT2D eigenvalue weighted by Crippen LogP contribution is -2.50. The van der Waals surface area contributed by atoms with Crippen LogP contribution in [0.15, 0.2) is 29.4 Å². The topological polar surface area (TPSA) is 77.5 Å². The van der Waals surface area contributed by atoms with Crippen molar-refractivity contribution in [2.75, 3.05) is 19.8 Å². The molecule has 116 valence electrons. The molecule has 0 saturated carbocycles. The van der Waals surface area contributed by atoms with Gasteiger partial charge in [-0.15, -0.1) is 0 Å². The lowest BCUT2D eigenvalue weighted by molar-refractivity contribution is -0.138. The van der Waals surface area contributed by atoms with Gasteiger partial charge in [0, 0.05) is 38.3 Å². The summed E-state index contributed by atoms with van der Waals surface area (Å²) in [7, 11) is -3.51. The van der Waals surface area contributed by atoms with Gasteiger partial charge in [-0.05, 0) is 37.8 Å². The van der Waals surface area contributed by atoms with Gasteiger partial charge in [0.25, 0.3) is 0 Å². The normalized spacial score (nSPS) is 25.8. The van der Waals surface area contributed by atoms with Gasteiger partial charge in [0.15, 0.2) is 0 Å². The molecule has 0 radical (unpaired) electrons. The fourth-order valence-corrected chi connectivity index (χ4v) is 4.25. The van der Waals surface area contributed by atoms with Crippen molar-refractivity contribution < 1.29 is 17.9 Å². The van der Waals surface area contributed by atoms with Gasteiger partial charge >= 0.3 is 0 Å². The van der Waals surface area contributed by atoms with E-state index >= 15 is 0 Å². The molecule has 21 heavy (non-hydrogen) atoms. The summed E-state index contributed by atoms with van der Waals surface area (Å²) >= 11 is 0. The molecule has 1 N–H and O–H groups in total. The molecular weight excluding hydrogens is 292 g/mol. The fourth-order valence-electron chi connectivity index (χ4n) is 3.01. The number of ether oxygens (including phenoxy) is 2. The third kappa shape index (κ3) is 3.42. The summed E-state index contributed by atoms with van der Waals surface area (Å²) in [6.07, 6.45) is 5.99. The summed E-state index contributed by atoms with van der Waals surface area (Å²) in [5.74, 6) is 0. The number of pyridine rings is 1. The van der Waals surface area contributed by atoms with Crippen LogP contribution in [0.4, 0.5) is 0 Å². The highest BCUT2D eigenvalue weighted by atomic mass is 32.2. The maximum absolute atomic E-state index is 12.4. The lowest BCUT2D eigenvalue weighted by Gasteiger charge is -2.43. The number of hydrogen-bond donors (Lipinski definition) is 1. The van der Waals surface area contributed by atoms with Crippen molar-refractivity contribution in [2.45, 2.75) is 42.2 Å². The molecule has 7 heteroatoms. The first-order valence-electron chi connectivity index (χ1n) is 7.24. The average Bonchev–Trinajstić information content (AvgIpc) is 2.48. The van der Waals surface area contributed by atoms with Gasteiger partial charge in [0.2, 0.25) is 10.0 Å². The maximum atomic E-state index is 12.4. The standard InChI is InChI=1S/C14H20N2O4S/c17-21(18,13-2-1-6-15-11-13)16-12-3-7-20-14(10-12)4-8-19-9-5-14/h1-2,6,11-12,16H,3-5,7-10H2/t12-/m1/s1. The maximum Gasteiger partial charge on any atom is 0.242 e. The zero-order valence-corrected chi connectivity index (χ0v) is 12.6. The van der Waals surface area contributed by atoms with Crippen molar-refractivity contribution in [2.24, 2.45) is 0 Å². The minimum Gasteiger partial charge on any atom is -0.381 e. The summed E-state index contributed by atoms with van der Waals surface area (Å²) < 4.78 is 38.8. The van der Waals surface area contributed by atoms with Gasteiger partial charge in [0.1, 0.15) is 4.90 Å². The third-order valence-electron chi connectivity index (χ3n) is 4.16. The molecule has 3 heterocycles. The highest BCUT2D eigenvalue weighted by molar-refractivity contribution is 7.89. The Morgan fingerprint density at radius 3 is 2.81 bits per heavy atom. The van der Waals surface area contributed by atoms with Crippen LogP contribution in [0.2, 0.25) is 0 Å². The summed E-state index contributed by atoms with van der Waals surface area (Å²) in [5, 5.41) is 0. The zero-order valence-electron chi connectivity index (χ0n) is 11.8. The molecule has 0 aromatic carbocycles. The number of aromatic nitrogens is 1. The van der Waals surface area contributed by atoms with E-state index in [0.29, 0.717) is 32.7 Å². The van der Waals surface area contributed by atoms with Crippen LogP contribution in [0.25, 0.3) is 0 Å². The average molecular weight is 312 g/mol. The molecule has 1 atom stereocenters. The fraction of sp³-hybridized carbons (Fsp3) is 0.643. The van der Waals surface area contributed by atoms with Crippen LogP contribution >= 0.6 is 0 Å². The van der Waals surface area contributed by atoms with E-state index in [9.17, 15) is 8.42 Å². The first-order chi connectivity index (χ1) is 10.1. The van der Waals surface area contributed by atoms with E-state index in [1.165, 1.54) is 6.20 Å². The molecule has 1 spiro atoms. The van der Waals surface area contributed by atoms with Crippen LogP contribution in [0.1, 0.15) is 25.7 Å². The summed E-state index contributed by atoms with van der Waals surface area (Å²) in [4.78, 5) is 4.07. The monoisotopic (exact) mass is 312 g/mol. The predicted octanol–water partition coefficient (Wildman–Crippen LogP) is 1.09. The molecular formula is C14H20N2O4S. The van der Waals surface area contributed by atoms with E-state index in [-0.39, 0.29) is 16.5 Å². The molecule has 2 aliphatic heterocycles. The largest absolute Gasteiger partial charge is 0.381 e. The molecule has 1 aromatic heterocycles. The predicted molar refractivity (Wildman–Crippen MR) is 76.3 cm³/mol. The Bertz CT molecular complexity index is 564. The number of nitrogens with zero attached hydrogens (tertiary/aromatic N) is 1. The second kappa shape index (κ2) is 6.00. The van der Waals surface area contributed by atoms with E-state index in [1.807, 2.05) is 0 Å². The van der Waals surface area contributed by atoms with Gasteiger partial charge in [0.05, 0.1) is 5.60 Å². The first kappa shape index (κ1) is 14.9. The lowest BCUT2D eigenvalue weighted by atomic mass is 9.84. The molecule has 0 unspecified atom stereocenters. The molecule has 2 fully saturated rings. The summed E-state index contributed by atoms with van der Waals surface area (Å²) in [6.45, 7) is 1.95. The van der Waals surface area contributed by atoms with E-state index in [1.54, 1.807) is 18.3 Å². The van der Waals surface area contributed by atoms with E-state index in [4.69, 9.17) is 9.47 Å². The van der Waals surface area contributed by atoms with Crippen LogP contribution in [0.5, 0.6) is 0 Å². The molecule has 6 nitrogen and oxygen atoms in total. The van der Waals surface area contributed by atoms with Crippen LogP contribution in [-0.4, -0.2) is 44.9 Å². The van der Waals surface area contributed by atoms with Crippen molar-refractivity contribution in [3.63, 3.8) is 0 Å². The summed E-state index contributed by atoms with van der Waals surface area (Å²) in [5.41, 5.74) is -0.224. The molecule has 0 bridgehead atoms. The van der Waals surface area contributed by atoms with Crippen molar-refractivity contribution >= 4 is 10.0 Å². The minimum atomic E-state index is -3.51. The highest BCUT2D eigenvalue weighted by Gasteiger charge is 2.40. The molecule has 0 aliphatic carbocycles. The first-order valence-corrected chi connectivity index (χ1v) is 8.72. The molecule has 2 saturated heterocycles. The van der Waals surface area contributed by atoms with Crippen LogP contribution < -0.4 is 4.72 Å². The van der Waals surface area contributed by atoms with Gasteiger partial charge in [-0.25, -0.2) is 13.1 Å². The van der Waals surface area contributed by atoms with Gasteiger partial charge in [-0.3, -0.25) is 4.98 Å². The van der Waals surface area contributed by atoms with Gasteiger partial charge in [-0.1, -0.05) is 0 Å². The number of nitrogens with one attached hydrogen (secondary N) is 1. The van der Waals surface area contributed by atoms with Crippen molar-refractivity contribution in [1.82, 2.24) is 9.71 Å². The van der Waals surface area contributed by atoms with Crippen LogP contribution in [-0.2, 0) is 19.5 Å². The quantitative estimate of drug-likeness (QED) is 0.904. The Morgan fingerprint density at radius 2 is 2.10 bits per heavy atom. The third-order valence-corrected chi connectivity index (χ3v) is 5.67. The number of rotatable bonds is 3. The van der Waals surface area contributed by atoms with E-state index in [0.717, 1.165) is 12.8 Å². The molecule has 1 aromatic rings. The highest BCUT2D eigenvalue weighted by Crippen LogP contribution is 2.34. The van der Waals surface area contributed by atoms with Crippen LogP contribution in [0, 0.1) is 0 Å². The Hall–Kier alpha value is -1.02. The molecule has 3 rings (SSSR count). The number of sulfonamides is 1. The van der Waals surface area contributed by atoms with E-state index in [2.05, 4.69) is 9.71 Å². The van der Waals surface area contributed by atoms with Crippen molar-refractivity contribution in [3.8, 4) is 0 Å². The SMILES string of the molecule is O=S(=O)(N[C@@H]1CCOC2(CCOCC2)C1)c1cccnc1. The second-order valence-corrected chi connectivity index (χ2v) is 7.36. The Labute approximate surface area is 124 Å². The van der Waals surface area contributed by atoms with Crippen LogP contribution in [0.3, 0.4) is 0 Å². The van der Waals surface area contributed by atoms with Crippen molar-refractivity contribution in [1.29, 1.82) is 0 Å². The Morgan fingerprint density at radius 1 is 1.29 bits per heavy atom. The number of hydrogen-bond acceptors (Lipinski definition) is 5. The minimum absolute atomic E-state index is 0.0953. The van der Waals surface area contributed by atoms with E-state index < -0.39 is 10.0 Å². The Kier molecular flexibility index (Phi) is 4.26. The zero-order chi connectivity index (χ0) is 14.8. The molecule has 0 amide bonds. The second-order valence-electron chi connectivity index (χ2n) is 5.64. The Balaban J connectivity index is 1.70. The summed E-state index contributed by atoms with van der Waals surface area (Å²) in [6, 6.07) is 3.08.